The number of nitrogens with one attached hydrogen (secondary N) is 2. The van der Waals surface area contributed by atoms with E-state index in [1.54, 1.807) is 13.0 Å². The second kappa shape index (κ2) is 7.35. The summed E-state index contributed by atoms with van der Waals surface area (Å²) in [7, 11) is 0. The van der Waals surface area contributed by atoms with Crippen molar-refractivity contribution in [2.75, 3.05) is 17.2 Å². The van der Waals surface area contributed by atoms with Crippen molar-refractivity contribution in [1.29, 1.82) is 0 Å². The summed E-state index contributed by atoms with van der Waals surface area (Å²) >= 11 is 3.38. The van der Waals surface area contributed by atoms with Gasteiger partial charge in [0.1, 0.15) is 17.3 Å². The minimum Gasteiger partial charge on any atom is -0.370 e. The molecule has 2 N–H and O–H groups in total. The van der Waals surface area contributed by atoms with E-state index in [0.717, 1.165) is 11.0 Å². The molecule has 1 aromatic heterocycles. The molecule has 0 aliphatic carbocycles. The molecule has 0 fully saturated rings. The molecule has 2 rings (SSSR count). The molecule has 0 atom stereocenters. The van der Waals surface area contributed by atoms with Crippen molar-refractivity contribution in [3.63, 3.8) is 0 Å². The van der Waals surface area contributed by atoms with Crippen LogP contribution in [0.5, 0.6) is 0 Å². The van der Waals surface area contributed by atoms with Crippen molar-refractivity contribution in [3.8, 4) is 0 Å². The van der Waals surface area contributed by atoms with Gasteiger partial charge in [-0.25, -0.2) is 9.97 Å². The number of anilines is 2. The number of aromatic nitrogens is 2. The average Bonchev–Trinajstić information content (AvgIpc) is 2.44. The number of aryl methyl sites for hydroxylation is 1. The van der Waals surface area contributed by atoms with Gasteiger partial charge in [-0.3, -0.25) is 4.79 Å². The first-order valence-corrected chi connectivity index (χ1v) is 7.90. The van der Waals surface area contributed by atoms with Crippen molar-refractivity contribution in [1.82, 2.24) is 9.97 Å². The van der Waals surface area contributed by atoms with Crippen LogP contribution >= 0.6 is 15.9 Å². The molecule has 1 heterocycles. The van der Waals surface area contributed by atoms with Gasteiger partial charge < -0.3 is 10.6 Å². The fourth-order valence-electron chi connectivity index (χ4n) is 1.84. The Morgan fingerprint density at radius 2 is 2.05 bits per heavy atom. The van der Waals surface area contributed by atoms with Gasteiger partial charge in [0.05, 0.1) is 0 Å². The third kappa shape index (κ3) is 4.80. The summed E-state index contributed by atoms with van der Waals surface area (Å²) in [6.45, 7) is 6.80. The number of hydrogen-bond acceptors (Lipinski definition) is 4. The monoisotopic (exact) mass is 362 g/mol. The van der Waals surface area contributed by atoms with E-state index in [4.69, 9.17) is 0 Å². The van der Waals surface area contributed by atoms with Crippen LogP contribution in [0.4, 0.5) is 11.5 Å². The first-order chi connectivity index (χ1) is 10.4. The number of nitrogens with zero attached hydrogens (tertiary/aromatic N) is 2. The quantitative estimate of drug-likeness (QED) is 0.846. The molecule has 0 spiro atoms. The lowest BCUT2D eigenvalue weighted by Gasteiger charge is -2.10. The van der Waals surface area contributed by atoms with E-state index < -0.39 is 0 Å². The van der Waals surface area contributed by atoms with Crippen LogP contribution in [0.3, 0.4) is 0 Å². The molecule has 0 aliphatic rings. The molecule has 1 aromatic carbocycles. The molecule has 2 aromatic rings. The van der Waals surface area contributed by atoms with Gasteiger partial charge in [-0.15, -0.1) is 0 Å². The van der Waals surface area contributed by atoms with E-state index in [1.165, 1.54) is 0 Å². The minimum atomic E-state index is -0.254. The normalized spacial score (nSPS) is 10.6. The van der Waals surface area contributed by atoms with Crippen LogP contribution < -0.4 is 10.6 Å². The van der Waals surface area contributed by atoms with E-state index in [-0.39, 0.29) is 5.91 Å². The fourth-order valence-corrected chi connectivity index (χ4v) is 2.24. The van der Waals surface area contributed by atoms with Crippen LogP contribution in [0.2, 0.25) is 0 Å². The Morgan fingerprint density at radius 1 is 1.27 bits per heavy atom. The number of halogens is 1. The van der Waals surface area contributed by atoms with Gasteiger partial charge in [0.25, 0.3) is 5.91 Å². The highest BCUT2D eigenvalue weighted by Crippen LogP contribution is 2.17. The number of amides is 1. The molecule has 0 aliphatic heterocycles. The second-order valence-electron chi connectivity index (χ2n) is 5.42. The smallest absolute Gasteiger partial charge is 0.274 e. The summed E-state index contributed by atoms with van der Waals surface area (Å²) in [5.74, 6) is 1.47. The summed E-state index contributed by atoms with van der Waals surface area (Å²) in [5, 5.41) is 6.05. The van der Waals surface area contributed by atoms with Gasteiger partial charge in [-0.2, -0.15) is 0 Å². The Morgan fingerprint density at radius 3 is 2.73 bits per heavy atom. The largest absolute Gasteiger partial charge is 0.370 e. The maximum atomic E-state index is 12.3. The molecule has 0 bridgehead atoms. The average molecular weight is 363 g/mol. The molecule has 6 heteroatoms. The Kier molecular flexibility index (Phi) is 5.49. The van der Waals surface area contributed by atoms with Gasteiger partial charge in [0.2, 0.25) is 0 Å². The van der Waals surface area contributed by atoms with Crippen LogP contribution in [-0.4, -0.2) is 22.4 Å². The highest BCUT2D eigenvalue weighted by molar-refractivity contribution is 9.10. The van der Waals surface area contributed by atoms with Crippen molar-refractivity contribution in [2.24, 2.45) is 5.92 Å². The summed E-state index contributed by atoms with van der Waals surface area (Å²) < 4.78 is 0.906. The molecule has 22 heavy (non-hydrogen) atoms. The number of benzene rings is 1. The number of carbonyl (C=O) groups excluding carboxylic acids is 1. The minimum absolute atomic E-state index is 0.254. The lowest BCUT2D eigenvalue weighted by Crippen LogP contribution is -2.16. The van der Waals surface area contributed by atoms with Crippen LogP contribution in [0.15, 0.2) is 34.8 Å². The summed E-state index contributed by atoms with van der Waals surface area (Å²) in [6, 6.07) is 9.10. The van der Waals surface area contributed by atoms with Gasteiger partial charge >= 0.3 is 0 Å². The number of rotatable bonds is 5. The standard InChI is InChI=1S/C16H19BrN4O/c1-10(2)9-18-15-8-14(19-11(3)20-15)16(22)21-13-6-4-5-12(17)7-13/h4-8,10H,9H2,1-3H3,(H,21,22)(H,18,19,20). The number of carbonyl (C=O) groups is 1. The second-order valence-corrected chi connectivity index (χ2v) is 6.34. The molecule has 0 radical (unpaired) electrons. The highest BCUT2D eigenvalue weighted by Gasteiger charge is 2.11. The van der Waals surface area contributed by atoms with Gasteiger partial charge in [-0.05, 0) is 31.0 Å². The van der Waals surface area contributed by atoms with Crippen LogP contribution in [-0.2, 0) is 0 Å². The van der Waals surface area contributed by atoms with Crippen LogP contribution in [0.1, 0.15) is 30.2 Å². The Hall–Kier alpha value is -1.95. The Bertz CT molecular complexity index is 673. The van der Waals surface area contributed by atoms with Crippen molar-refractivity contribution < 1.29 is 4.79 Å². The summed E-state index contributed by atoms with van der Waals surface area (Å²) in [5.41, 5.74) is 1.06. The van der Waals surface area contributed by atoms with Crippen molar-refractivity contribution in [3.05, 3.63) is 46.3 Å². The first kappa shape index (κ1) is 16.4. The molecule has 0 unspecified atom stereocenters. The zero-order chi connectivity index (χ0) is 16.1. The van der Waals surface area contributed by atoms with E-state index in [9.17, 15) is 4.79 Å². The zero-order valence-electron chi connectivity index (χ0n) is 12.9. The van der Waals surface area contributed by atoms with E-state index in [0.29, 0.717) is 28.9 Å². The Balaban J connectivity index is 2.15. The van der Waals surface area contributed by atoms with Crippen molar-refractivity contribution in [2.45, 2.75) is 20.8 Å². The predicted molar refractivity (Wildman–Crippen MR) is 92.2 cm³/mol. The first-order valence-electron chi connectivity index (χ1n) is 7.10. The third-order valence-corrected chi connectivity index (χ3v) is 3.34. The predicted octanol–water partition coefficient (Wildman–Crippen LogP) is 3.87. The molecular weight excluding hydrogens is 344 g/mol. The number of hydrogen-bond donors (Lipinski definition) is 2. The SMILES string of the molecule is Cc1nc(NCC(C)C)cc(C(=O)Nc2cccc(Br)c2)n1. The molecule has 5 nitrogen and oxygen atoms in total. The topological polar surface area (TPSA) is 66.9 Å². The zero-order valence-corrected chi connectivity index (χ0v) is 14.4. The molecule has 116 valence electrons. The van der Waals surface area contributed by atoms with E-state index in [1.807, 2.05) is 24.3 Å². The van der Waals surface area contributed by atoms with Gasteiger partial charge in [-0.1, -0.05) is 35.8 Å². The Labute approximate surface area is 138 Å². The van der Waals surface area contributed by atoms with Crippen LogP contribution in [0, 0.1) is 12.8 Å². The van der Waals surface area contributed by atoms with E-state index >= 15 is 0 Å². The third-order valence-electron chi connectivity index (χ3n) is 2.84. The van der Waals surface area contributed by atoms with E-state index in [2.05, 4.69) is 50.4 Å². The summed E-state index contributed by atoms with van der Waals surface area (Å²) in [4.78, 5) is 20.8. The highest BCUT2D eigenvalue weighted by atomic mass is 79.9. The lowest BCUT2D eigenvalue weighted by molar-refractivity contribution is 0.102. The molecule has 0 saturated heterocycles. The van der Waals surface area contributed by atoms with Gasteiger partial charge in [0, 0.05) is 22.8 Å². The van der Waals surface area contributed by atoms with Gasteiger partial charge in [0.15, 0.2) is 0 Å². The van der Waals surface area contributed by atoms with Crippen LogP contribution in [0.25, 0.3) is 0 Å². The van der Waals surface area contributed by atoms with Crippen molar-refractivity contribution >= 4 is 33.3 Å². The maximum absolute atomic E-state index is 12.3. The molecule has 0 saturated carbocycles. The fraction of sp³-hybridized carbons (Fsp3) is 0.312. The maximum Gasteiger partial charge on any atom is 0.274 e. The molecular formula is C16H19BrN4O. The molecule has 1 amide bonds. The summed E-state index contributed by atoms with van der Waals surface area (Å²) in [6.07, 6.45) is 0. The lowest BCUT2D eigenvalue weighted by atomic mass is 10.2.